The second kappa shape index (κ2) is 5.58. The molecule has 0 aliphatic carbocycles. The van der Waals surface area contributed by atoms with E-state index in [1.165, 1.54) is 24.3 Å². The maximum Gasteiger partial charge on any atom is 0.335 e. The molecule has 1 heterocycles. The van der Waals surface area contributed by atoms with Crippen LogP contribution >= 0.6 is 0 Å². The summed E-state index contributed by atoms with van der Waals surface area (Å²) < 4.78 is 5.53. The number of carbonyl (C=O) groups is 1. The lowest BCUT2D eigenvalue weighted by Gasteiger charge is -2.09. The van der Waals surface area contributed by atoms with Crippen LogP contribution in [0.2, 0.25) is 0 Å². The van der Waals surface area contributed by atoms with Crippen LogP contribution in [-0.4, -0.2) is 21.0 Å². The van der Waals surface area contributed by atoms with Gasteiger partial charge in [-0.1, -0.05) is 0 Å². The number of pyridine rings is 1. The van der Waals surface area contributed by atoms with E-state index in [2.05, 4.69) is 4.98 Å². The van der Waals surface area contributed by atoms with Gasteiger partial charge < -0.3 is 9.84 Å². The van der Waals surface area contributed by atoms with Gasteiger partial charge in [0.2, 0.25) is 5.88 Å². The molecule has 21 heavy (non-hydrogen) atoms. The van der Waals surface area contributed by atoms with Crippen molar-refractivity contribution < 1.29 is 19.6 Å². The molecule has 2 aromatic rings. The standard InChI is InChI=1S/C14H12N2O5/c1-8-6-13(15-7-11(8)16(19)20)21-12-4-3-10(14(17)18)5-9(12)2/h3-7H,1-2H3,(H,17,18). The fourth-order valence-corrected chi connectivity index (χ4v) is 1.78. The summed E-state index contributed by atoms with van der Waals surface area (Å²) in [5, 5.41) is 19.6. The van der Waals surface area contributed by atoms with E-state index >= 15 is 0 Å². The van der Waals surface area contributed by atoms with Crippen LogP contribution in [0.1, 0.15) is 21.5 Å². The second-order valence-electron chi connectivity index (χ2n) is 4.45. The number of ether oxygens (including phenoxy) is 1. The first-order valence-electron chi connectivity index (χ1n) is 6.01. The predicted octanol–water partition coefficient (Wildman–Crippen LogP) is 3.10. The molecule has 1 aromatic carbocycles. The van der Waals surface area contributed by atoms with Gasteiger partial charge in [0.05, 0.1) is 10.5 Å². The van der Waals surface area contributed by atoms with Gasteiger partial charge >= 0.3 is 5.97 Å². The molecule has 7 heteroatoms. The highest BCUT2D eigenvalue weighted by atomic mass is 16.6. The summed E-state index contributed by atoms with van der Waals surface area (Å²) in [6.45, 7) is 3.30. The highest BCUT2D eigenvalue weighted by Gasteiger charge is 2.13. The van der Waals surface area contributed by atoms with Gasteiger partial charge in [0.25, 0.3) is 5.69 Å². The fraction of sp³-hybridized carbons (Fsp3) is 0.143. The molecule has 0 atom stereocenters. The summed E-state index contributed by atoms with van der Waals surface area (Å²) in [5.74, 6) is -0.362. The summed E-state index contributed by atoms with van der Waals surface area (Å²) >= 11 is 0. The minimum atomic E-state index is -1.02. The number of nitro groups is 1. The van der Waals surface area contributed by atoms with Crippen LogP contribution in [-0.2, 0) is 0 Å². The molecule has 0 amide bonds. The number of aryl methyl sites for hydroxylation is 2. The molecule has 0 spiro atoms. The van der Waals surface area contributed by atoms with E-state index in [4.69, 9.17) is 9.84 Å². The largest absolute Gasteiger partial charge is 0.478 e. The minimum Gasteiger partial charge on any atom is -0.478 e. The van der Waals surface area contributed by atoms with E-state index in [-0.39, 0.29) is 17.1 Å². The molecular weight excluding hydrogens is 276 g/mol. The van der Waals surface area contributed by atoms with Gasteiger partial charge in [-0.3, -0.25) is 10.1 Å². The van der Waals surface area contributed by atoms with Crippen molar-refractivity contribution >= 4 is 11.7 Å². The minimum absolute atomic E-state index is 0.0831. The summed E-state index contributed by atoms with van der Waals surface area (Å²) in [7, 11) is 0. The lowest BCUT2D eigenvalue weighted by atomic mass is 10.1. The van der Waals surface area contributed by atoms with Crippen molar-refractivity contribution in [3.8, 4) is 11.6 Å². The predicted molar refractivity (Wildman–Crippen MR) is 73.8 cm³/mol. The number of carboxylic acid groups (broad SMARTS) is 1. The number of nitrogens with zero attached hydrogens (tertiary/aromatic N) is 2. The first kappa shape index (κ1) is 14.4. The van der Waals surface area contributed by atoms with Gasteiger partial charge in [-0.2, -0.15) is 0 Å². The fourth-order valence-electron chi connectivity index (χ4n) is 1.78. The monoisotopic (exact) mass is 288 g/mol. The second-order valence-corrected chi connectivity index (χ2v) is 4.45. The van der Waals surface area contributed by atoms with Crippen molar-refractivity contribution in [2.45, 2.75) is 13.8 Å². The molecule has 2 rings (SSSR count). The third-order valence-corrected chi connectivity index (χ3v) is 2.89. The molecule has 0 unspecified atom stereocenters. The van der Waals surface area contributed by atoms with Gasteiger partial charge in [-0.05, 0) is 37.6 Å². The van der Waals surface area contributed by atoms with Crippen LogP contribution in [0, 0.1) is 24.0 Å². The Morgan fingerprint density at radius 1 is 1.29 bits per heavy atom. The van der Waals surface area contributed by atoms with E-state index in [0.29, 0.717) is 16.9 Å². The van der Waals surface area contributed by atoms with E-state index in [9.17, 15) is 14.9 Å². The molecule has 0 bridgehead atoms. The summed E-state index contributed by atoms with van der Waals surface area (Å²) in [4.78, 5) is 24.9. The maximum atomic E-state index is 10.9. The molecule has 0 fully saturated rings. The Balaban J connectivity index is 2.28. The molecule has 1 aromatic heterocycles. The van der Waals surface area contributed by atoms with Crippen molar-refractivity contribution in [3.05, 3.63) is 57.3 Å². The van der Waals surface area contributed by atoms with Gasteiger partial charge in [-0.15, -0.1) is 0 Å². The van der Waals surface area contributed by atoms with E-state index in [0.717, 1.165) is 6.20 Å². The molecular formula is C14H12N2O5. The number of carboxylic acids is 1. The topological polar surface area (TPSA) is 103 Å². The number of rotatable bonds is 4. The Bertz CT molecular complexity index is 727. The number of aromatic carboxylic acids is 1. The number of hydrogen-bond acceptors (Lipinski definition) is 5. The van der Waals surface area contributed by atoms with Crippen molar-refractivity contribution in [2.75, 3.05) is 0 Å². The van der Waals surface area contributed by atoms with Crippen LogP contribution in [0.15, 0.2) is 30.5 Å². The molecule has 0 aliphatic rings. The van der Waals surface area contributed by atoms with Gasteiger partial charge in [0.15, 0.2) is 0 Å². The summed E-state index contributed by atoms with van der Waals surface area (Å²) in [6.07, 6.45) is 1.13. The summed E-state index contributed by atoms with van der Waals surface area (Å²) in [6, 6.07) is 5.89. The Kier molecular flexibility index (Phi) is 3.84. The third kappa shape index (κ3) is 3.14. The normalized spacial score (nSPS) is 10.2. The molecule has 0 radical (unpaired) electrons. The molecule has 0 saturated heterocycles. The number of benzene rings is 1. The first-order valence-corrected chi connectivity index (χ1v) is 6.01. The van der Waals surface area contributed by atoms with Gasteiger partial charge in [-0.25, -0.2) is 9.78 Å². The van der Waals surface area contributed by atoms with Crippen LogP contribution in [0.25, 0.3) is 0 Å². The maximum absolute atomic E-state index is 10.9. The third-order valence-electron chi connectivity index (χ3n) is 2.89. The number of hydrogen-bond donors (Lipinski definition) is 1. The molecule has 1 N–H and O–H groups in total. The average Bonchev–Trinajstić information content (AvgIpc) is 2.40. The average molecular weight is 288 g/mol. The van der Waals surface area contributed by atoms with Crippen LogP contribution in [0.5, 0.6) is 11.6 Å². The quantitative estimate of drug-likeness (QED) is 0.685. The van der Waals surface area contributed by atoms with E-state index in [1.54, 1.807) is 13.8 Å². The Morgan fingerprint density at radius 2 is 2.00 bits per heavy atom. The van der Waals surface area contributed by atoms with Crippen LogP contribution in [0.4, 0.5) is 5.69 Å². The highest BCUT2D eigenvalue weighted by molar-refractivity contribution is 5.88. The lowest BCUT2D eigenvalue weighted by molar-refractivity contribution is -0.385. The zero-order valence-electron chi connectivity index (χ0n) is 11.4. The lowest BCUT2D eigenvalue weighted by Crippen LogP contribution is -1.99. The van der Waals surface area contributed by atoms with Gasteiger partial charge in [0.1, 0.15) is 11.9 Å². The summed E-state index contributed by atoms with van der Waals surface area (Å²) in [5.41, 5.74) is 1.14. The van der Waals surface area contributed by atoms with E-state index in [1.807, 2.05) is 0 Å². The van der Waals surface area contributed by atoms with Crippen molar-refractivity contribution in [3.63, 3.8) is 0 Å². The number of aromatic nitrogens is 1. The molecule has 108 valence electrons. The SMILES string of the molecule is Cc1cc(C(=O)O)ccc1Oc1cc(C)c([N+](=O)[O-])cn1. The Morgan fingerprint density at radius 3 is 2.52 bits per heavy atom. The molecule has 0 saturated carbocycles. The van der Waals surface area contributed by atoms with Crippen molar-refractivity contribution in [1.29, 1.82) is 0 Å². The highest BCUT2D eigenvalue weighted by Crippen LogP contribution is 2.27. The smallest absolute Gasteiger partial charge is 0.335 e. The van der Waals surface area contributed by atoms with Gasteiger partial charge in [0, 0.05) is 11.6 Å². The Hall–Kier alpha value is -2.96. The zero-order valence-corrected chi connectivity index (χ0v) is 11.4. The molecule has 0 aliphatic heterocycles. The van der Waals surface area contributed by atoms with Crippen LogP contribution in [0.3, 0.4) is 0 Å². The van der Waals surface area contributed by atoms with Crippen LogP contribution < -0.4 is 4.74 Å². The van der Waals surface area contributed by atoms with Crippen molar-refractivity contribution in [1.82, 2.24) is 4.98 Å². The van der Waals surface area contributed by atoms with E-state index < -0.39 is 10.9 Å². The zero-order chi connectivity index (χ0) is 15.6. The van der Waals surface area contributed by atoms with Crippen molar-refractivity contribution in [2.24, 2.45) is 0 Å². The molecule has 7 nitrogen and oxygen atoms in total. The first-order chi connectivity index (χ1) is 9.88. The Labute approximate surface area is 120 Å².